The highest BCUT2D eigenvalue weighted by atomic mass is 19.1. The van der Waals surface area contributed by atoms with Gasteiger partial charge in [-0.15, -0.1) is 0 Å². The van der Waals surface area contributed by atoms with E-state index in [-0.39, 0.29) is 23.7 Å². The third kappa shape index (κ3) is 5.15. The Labute approximate surface area is 158 Å². The van der Waals surface area contributed by atoms with Gasteiger partial charge in [0.15, 0.2) is 0 Å². The third-order valence-corrected chi connectivity index (χ3v) is 4.86. The van der Waals surface area contributed by atoms with Gasteiger partial charge in [0.2, 0.25) is 11.8 Å². The molecule has 0 radical (unpaired) electrons. The summed E-state index contributed by atoms with van der Waals surface area (Å²) in [5.41, 5.74) is 0.990. The van der Waals surface area contributed by atoms with Gasteiger partial charge in [-0.3, -0.25) is 9.59 Å². The number of hydrogen-bond acceptors (Lipinski definition) is 3. The number of rotatable bonds is 8. The topological polar surface area (TPSA) is 67.2 Å². The Bertz CT molecular complexity index is 788. The van der Waals surface area contributed by atoms with E-state index in [0.717, 1.165) is 17.8 Å². The molecule has 1 aromatic carbocycles. The van der Waals surface area contributed by atoms with Crippen molar-refractivity contribution in [2.75, 3.05) is 13.1 Å². The van der Waals surface area contributed by atoms with Crippen LogP contribution in [0.15, 0.2) is 36.7 Å². The van der Waals surface area contributed by atoms with Gasteiger partial charge in [-0.05, 0) is 24.1 Å². The quantitative estimate of drug-likeness (QED) is 0.770. The van der Waals surface area contributed by atoms with Gasteiger partial charge in [-0.25, -0.2) is 9.37 Å². The molecule has 1 aliphatic rings. The lowest BCUT2D eigenvalue weighted by molar-refractivity contribution is -0.127. The molecule has 0 unspecified atom stereocenters. The average Bonchev–Trinajstić information content (AvgIpc) is 3.25. The minimum Gasteiger partial charge on any atom is -0.351 e. The highest BCUT2D eigenvalue weighted by Gasteiger charge is 2.30. The molecule has 1 N–H and O–H groups in total. The zero-order valence-electron chi connectivity index (χ0n) is 15.5. The molecule has 1 atom stereocenters. The lowest BCUT2D eigenvalue weighted by Crippen LogP contribution is -2.37. The maximum atomic E-state index is 12.9. The lowest BCUT2D eigenvalue weighted by atomic mass is 10.1. The summed E-state index contributed by atoms with van der Waals surface area (Å²) in [6, 6.07) is 6.17. The molecule has 2 aromatic rings. The molecule has 2 heterocycles. The van der Waals surface area contributed by atoms with Gasteiger partial charge in [-0.2, -0.15) is 0 Å². The number of likely N-dealkylation sites (tertiary alicyclic amines) is 1. The number of benzene rings is 1. The number of hydrogen-bond donors (Lipinski definition) is 1. The van der Waals surface area contributed by atoms with Crippen LogP contribution in [0, 0.1) is 5.82 Å². The number of halogens is 1. The molecule has 0 aliphatic carbocycles. The Kier molecular flexibility index (Phi) is 6.21. The molecular weight excluding hydrogens is 347 g/mol. The van der Waals surface area contributed by atoms with Gasteiger partial charge in [0.25, 0.3) is 0 Å². The first-order valence-electron chi connectivity index (χ1n) is 9.36. The van der Waals surface area contributed by atoms with Gasteiger partial charge in [0.1, 0.15) is 11.6 Å². The van der Waals surface area contributed by atoms with E-state index in [4.69, 9.17) is 0 Å². The molecule has 0 bridgehead atoms. The number of nitrogens with one attached hydrogen (secondary N) is 1. The maximum Gasteiger partial charge on any atom is 0.224 e. The van der Waals surface area contributed by atoms with Crippen molar-refractivity contribution in [2.24, 2.45) is 0 Å². The molecule has 1 aromatic heterocycles. The number of carbonyl (C=O) groups excluding carboxylic acids is 2. The summed E-state index contributed by atoms with van der Waals surface area (Å²) in [7, 11) is 0. The van der Waals surface area contributed by atoms with E-state index in [1.54, 1.807) is 23.2 Å². The molecular formula is C20H25FN4O2. The maximum absolute atomic E-state index is 12.9. The first-order chi connectivity index (χ1) is 13.0. The van der Waals surface area contributed by atoms with E-state index in [2.05, 4.69) is 10.3 Å². The van der Waals surface area contributed by atoms with Crippen LogP contribution in [-0.4, -0.2) is 45.4 Å². The molecule has 27 heavy (non-hydrogen) atoms. The minimum atomic E-state index is -0.263. The number of imidazole rings is 1. The summed E-state index contributed by atoms with van der Waals surface area (Å²) >= 11 is 0. The van der Waals surface area contributed by atoms with Crippen LogP contribution in [0.4, 0.5) is 4.39 Å². The van der Waals surface area contributed by atoms with Crippen LogP contribution in [-0.2, 0) is 29.0 Å². The number of aromatic nitrogens is 2. The second kappa shape index (κ2) is 8.79. The molecule has 6 nitrogen and oxygen atoms in total. The fourth-order valence-electron chi connectivity index (χ4n) is 3.38. The van der Waals surface area contributed by atoms with E-state index in [0.29, 0.717) is 38.9 Å². The minimum absolute atomic E-state index is 0.0466. The number of aryl methyl sites for hydroxylation is 2. The summed E-state index contributed by atoms with van der Waals surface area (Å²) in [5, 5.41) is 2.96. The normalized spacial score (nSPS) is 16.7. The van der Waals surface area contributed by atoms with Gasteiger partial charge in [0, 0.05) is 51.3 Å². The first-order valence-corrected chi connectivity index (χ1v) is 9.36. The average molecular weight is 372 g/mol. The fraction of sp³-hybridized carbons (Fsp3) is 0.450. The van der Waals surface area contributed by atoms with Crippen molar-refractivity contribution in [2.45, 2.75) is 45.2 Å². The largest absolute Gasteiger partial charge is 0.351 e. The SMILES string of the molecule is CCc1nccn1CCC(=O)N[C@H]1CC(=O)N(CCc2ccc(F)cc2)C1. The lowest BCUT2D eigenvalue weighted by Gasteiger charge is -2.17. The van der Waals surface area contributed by atoms with Crippen molar-refractivity contribution in [1.82, 2.24) is 19.8 Å². The molecule has 1 saturated heterocycles. The van der Waals surface area contributed by atoms with Crippen molar-refractivity contribution < 1.29 is 14.0 Å². The van der Waals surface area contributed by atoms with Crippen molar-refractivity contribution in [1.29, 1.82) is 0 Å². The molecule has 3 rings (SSSR count). The van der Waals surface area contributed by atoms with Crippen LogP contribution in [0.25, 0.3) is 0 Å². The second-order valence-electron chi connectivity index (χ2n) is 6.83. The van der Waals surface area contributed by atoms with Crippen molar-refractivity contribution in [3.05, 3.63) is 53.9 Å². The summed E-state index contributed by atoms with van der Waals surface area (Å²) < 4.78 is 14.9. The zero-order chi connectivity index (χ0) is 19.2. The van der Waals surface area contributed by atoms with Crippen LogP contribution in [0.3, 0.4) is 0 Å². The van der Waals surface area contributed by atoms with E-state index in [1.807, 2.05) is 17.7 Å². The highest BCUT2D eigenvalue weighted by Crippen LogP contribution is 2.13. The number of carbonyl (C=O) groups is 2. The van der Waals surface area contributed by atoms with Crippen LogP contribution >= 0.6 is 0 Å². The van der Waals surface area contributed by atoms with Crippen LogP contribution in [0.5, 0.6) is 0 Å². The Morgan fingerprint density at radius 2 is 2.07 bits per heavy atom. The molecule has 144 valence electrons. The van der Waals surface area contributed by atoms with Crippen molar-refractivity contribution >= 4 is 11.8 Å². The smallest absolute Gasteiger partial charge is 0.224 e. The molecule has 1 aliphatic heterocycles. The summed E-state index contributed by atoms with van der Waals surface area (Å²) in [5.74, 6) is 0.695. The van der Waals surface area contributed by atoms with Crippen LogP contribution in [0.2, 0.25) is 0 Å². The summed E-state index contributed by atoms with van der Waals surface area (Å²) in [6.45, 7) is 3.72. The summed E-state index contributed by atoms with van der Waals surface area (Å²) in [6.07, 6.45) is 5.82. The molecule has 1 fully saturated rings. The molecule has 0 saturated carbocycles. The van der Waals surface area contributed by atoms with Gasteiger partial charge < -0.3 is 14.8 Å². The predicted octanol–water partition coefficient (Wildman–Crippen LogP) is 1.93. The monoisotopic (exact) mass is 372 g/mol. The number of nitrogens with zero attached hydrogens (tertiary/aromatic N) is 3. The van der Waals surface area contributed by atoms with Crippen LogP contribution < -0.4 is 5.32 Å². The standard InChI is InChI=1S/C20H25FN4O2/c1-2-18-22-9-12-24(18)11-8-19(26)23-17-13-20(27)25(14-17)10-7-15-3-5-16(21)6-4-15/h3-6,9,12,17H,2,7-8,10-11,13-14H2,1H3,(H,23,26)/t17-/m0/s1. The Balaban J connectivity index is 1.43. The second-order valence-corrected chi connectivity index (χ2v) is 6.83. The van der Waals surface area contributed by atoms with E-state index >= 15 is 0 Å². The van der Waals surface area contributed by atoms with Gasteiger partial charge >= 0.3 is 0 Å². The van der Waals surface area contributed by atoms with Gasteiger partial charge in [0.05, 0.1) is 6.04 Å². The Morgan fingerprint density at radius 3 is 2.81 bits per heavy atom. The Hall–Kier alpha value is -2.70. The third-order valence-electron chi connectivity index (χ3n) is 4.86. The Morgan fingerprint density at radius 1 is 1.30 bits per heavy atom. The fourth-order valence-corrected chi connectivity index (χ4v) is 3.38. The van der Waals surface area contributed by atoms with E-state index in [1.165, 1.54) is 12.1 Å². The van der Waals surface area contributed by atoms with E-state index in [9.17, 15) is 14.0 Å². The molecule has 2 amide bonds. The highest BCUT2D eigenvalue weighted by molar-refractivity contribution is 5.82. The van der Waals surface area contributed by atoms with Crippen molar-refractivity contribution in [3.63, 3.8) is 0 Å². The van der Waals surface area contributed by atoms with E-state index < -0.39 is 0 Å². The molecule has 0 spiro atoms. The van der Waals surface area contributed by atoms with Crippen molar-refractivity contribution in [3.8, 4) is 0 Å². The number of amides is 2. The van der Waals surface area contributed by atoms with Crippen LogP contribution in [0.1, 0.15) is 31.2 Å². The first kappa shape index (κ1) is 19.1. The van der Waals surface area contributed by atoms with Gasteiger partial charge in [-0.1, -0.05) is 19.1 Å². The zero-order valence-corrected chi connectivity index (χ0v) is 15.5. The summed E-state index contributed by atoms with van der Waals surface area (Å²) in [4.78, 5) is 30.4. The molecule has 7 heteroatoms. The predicted molar refractivity (Wildman–Crippen MR) is 99.5 cm³/mol.